The zero-order chi connectivity index (χ0) is 21.5. The van der Waals surface area contributed by atoms with Gasteiger partial charge in [0.15, 0.2) is 0 Å². The number of hydrogen-bond donors (Lipinski definition) is 0. The van der Waals surface area contributed by atoms with Crippen molar-refractivity contribution < 1.29 is 4.74 Å². The highest BCUT2D eigenvalue weighted by molar-refractivity contribution is 4.75. The molecule has 1 unspecified atom stereocenters. The maximum Gasteiger partial charge on any atom is 0.0622 e. The van der Waals surface area contributed by atoms with Gasteiger partial charge >= 0.3 is 0 Å². The number of hydrogen-bond acceptors (Lipinski definition) is 2. The highest BCUT2D eigenvalue weighted by atomic mass is 16.5. The van der Waals surface area contributed by atoms with Gasteiger partial charge in [0.05, 0.1) is 13.2 Å². The average Bonchev–Trinajstić information content (AvgIpc) is 2.77. The number of unbranched alkanes of at least 4 members (excludes halogenated alkanes) is 18. The maximum absolute atomic E-state index is 5.81. The van der Waals surface area contributed by atoms with E-state index in [1.807, 2.05) is 0 Å². The van der Waals surface area contributed by atoms with E-state index in [4.69, 9.17) is 4.74 Å². The Labute approximate surface area is 190 Å². The van der Waals surface area contributed by atoms with Crippen LogP contribution < -0.4 is 0 Å². The van der Waals surface area contributed by atoms with Crippen molar-refractivity contribution in [3.63, 3.8) is 0 Å². The molecule has 1 aliphatic rings. The lowest BCUT2D eigenvalue weighted by Crippen LogP contribution is -2.45. The van der Waals surface area contributed by atoms with Gasteiger partial charge in [-0.05, 0) is 19.4 Å². The first-order chi connectivity index (χ1) is 14.9. The van der Waals surface area contributed by atoms with Gasteiger partial charge in [-0.3, -0.25) is 4.90 Å². The first-order valence-electron chi connectivity index (χ1n) is 14.2. The molecule has 2 nitrogen and oxygen atoms in total. The van der Waals surface area contributed by atoms with Gasteiger partial charge in [0, 0.05) is 12.6 Å². The fourth-order valence-corrected chi connectivity index (χ4v) is 4.92. The Kier molecular flexibility index (Phi) is 20.6. The highest BCUT2D eigenvalue weighted by Crippen LogP contribution is 2.18. The van der Waals surface area contributed by atoms with Crippen LogP contribution in [0.15, 0.2) is 0 Å². The fraction of sp³-hybridized carbons (Fsp3) is 1.00. The maximum atomic E-state index is 5.81. The van der Waals surface area contributed by atoms with Crippen molar-refractivity contribution in [2.75, 3.05) is 26.3 Å². The van der Waals surface area contributed by atoms with Crippen LogP contribution >= 0.6 is 0 Å². The van der Waals surface area contributed by atoms with Crippen molar-refractivity contribution in [1.29, 1.82) is 0 Å². The minimum Gasteiger partial charge on any atom is -0.378 e. The van der Waals surface area contributed by atoms with Crippen molar-refractivity contribution in [2.24, 2.45) is 0 Å². The van der Waals surface area contributed by atoms with E-state index in [-0.39, 0.29) is 0 Å². The molecule has 0 amide bonds. The Balaban J connectivity index is 1.94. The van der Waals surface area contributed by atoms with Gasteiger partial charge in [0.25, 0.3) is 0 Å². The summed E-state index contributed by atoms with van der Waals surface area (Å²) in [5.41, 5.74) is 0. The van der Waals surface area contributed by atoms with E-state index in [9.17, 15) is 0 Å². The SMILES string of the molecule is CCCCCCCCCCCCC1COCCN1CCCCCCCCCCCC. The van der Waals surface area contributed by atoms with E-state index in [1.54, 1.807) is 0 Å². The third-order valence-electron chi connectivity index (χ3n) is 7.04. The molecule has 0 saturated carbocycles. The van der Waals surface area contributed by atoms with Crippen LogP contribution in [0.1, 0.15) is 149 Å². The summed E-state index contributed by atoms with van der Waals surface area (Å²) in [6, 6.07) is 0.700. The van der Waals surface area contributed by atoms with E-state index >= 15 is 0 Å². The number of ether oxygens (including phenoxy) is 1. The normalized spacial score (nSPS) is 17.6. The molecule has 0 aliphatic carbocycles. The van der Waals surface area contributed by atoms with Crippen LogP contribution in [0.25, 0.3) is 0 Å². The average molecular weight is 424 g/mol. The largest absolute Gasteiger partial charge is 0.378 e. The number of nitrogens with zero attached hydrogens (tertiary/aromatic N) is 1. The molecule has 1 fully saturated rings. The van der Waals surface area contributed by atoms with E-state index in [2.05, 4.69) is 18.7 Å². The Bertz CT molecular complexity index is 301. The monoisotopic (exact) mass is 423 g/mol. The second-order valence-electron chi connectivity index (χ2n) is 9.92. The van der Waals surface area contributed by atoms with Crippen LogP contribution in [-0.4, -0.2) is 37.2 Å². The molecule has 30 heavy (non-hydrogen) atoms. The Morgan fingerprint density at radius 3 is 1.50 bits per heavy atom. The van der Waals surface area contributed by atoms with Gasteiger partial charge in [-0.15, -0.1) is 0 Å². The molecule has 0 aromatic rings. The third-order valence-corrected chi connectivity index (χ3v) is 7.04. The number of morpholine rings is 1. The van der Waals surface area contributed by atoms with Crippen LogP contribution in [0.3, 0.4) is 0 Å². The van der Waals surface area contributed by atoms with Crippen molar-refractivity contribution >= 4 is 0 Å². The van der Waals surface area contributed by atoms with Gasteiger partial charge < -0.3 is 4.74 Å². The van der Waals surface area contributed by atoms with Crippen molar-refractivity contribution in [3.8, 4) is 0 Å². The van der Waals surface area contributed by atoms with Crippen molar-refractivity contribution in [3.05, 3.63) is 0 Å². The van der Waals surface area contributed by atoms with E-state index in [0.717, 1.165) is 13.2 Å². The quantitative estimate of drug-likeness (QED) is 0.161. The van der Waals surface area contributed by atoms with Crippen LogP contribution in [0.4, 0.5) is 0 Å². The molecule has 1 saturated heterocycles. The van der Waals surface area contributed by atoms with Gasteiger partial charge in [0.1, 0.15) is 0 Å². The molecule has 0 aromatic heterocycles. The molecule has 1 atom stereocenters. The zero-order valence-corrected chi connectivity index (χ0v) is 21.1. The Morgan fingerprint density at radius 2 is 1.00 bits per heavy atom. The first kappa shape index (κ1) is 28.0. The molecule has 2 heteroatoms. The molecule has 1 aliphatic heterocycles. The molecule has 0 aromatic carbocycles. The summed E-state index contributed by atoms with van der Waals surface area (Å²) in [6.07, 6.45) is 30.1. The molecule has 0 spiro atoms. The molecular weight excluding hydrogens is 366 g/mol. The minimum atomic E-state index is 0.700. The first-order valence-corrected chi connectivity index (χ1v) is 14.2. The smallest absolute Gasteiger partial charge is 0.0622 e. The predicted molar refractivity (Wildman–Crippen MR) is 134 cm³/mol. The molecule has 0 bridgehead atoms. The van der Waals surface area contributed by atoms with Gasteiger partial charge in [-0.1, -0.05) is 136 Å². The molecule has 0 radical (unpaired) electrons. The summed E-state index contributed by atoms with van der Waals surface area (Å²) < 4.78 is 5.81. The van der Waals surface area contributed by atoms with Crippen molar-refractivity contribution in [1.82, 2.24) is 4.90 Å². The fourth-order valence-electron chi connectivity index (χ4n) is 4.92. The molecular formula is C28H57NO. The lowest BCUT2D eigenvalue weighted by atomic mass is 10.0. The van der Waals surface area contributed by atoms with Gasteiger partial charge in [-0.2, -0.15) is 0 Å². The second kappa shape index (κ2) is 22.1. The molecule has 180 valence electrons. The van der Waals surface area contributed by atoms with Crippen molar-refractivity contribution in [2.45, 2.75) is 155 Å². The summed E-state index contributed by atoms with van der Waals surface area (Å²) in [5, 5.41) is 0. The van der Waals surface area contributed by atoms with E-state index < -0.39 is 0 Å². The Morgan fingerprint density at radius 1 is 0.567 bits per heavy atom. The molecule has 1 rings (SSSR count). The standard InChI is InChI=1S/C28H57NO/c1-3-5-7-9-11-13-15-17-19-21-23-28-27-30-26-25-29(28)24-22-20-18-16-14-12-10-8-6-4-2/h28H,3-27H2,1-2H3. The van der Waals surface area contributed by atoms with Crippen LogP contribution in [0.2, 0.25) is 0 Å². The zero-order valence-electron chi connectivity index (χ0n) is 21.1. The number of rotatable bonds is 22. The highest BCUT2D eigenvalue weighted by Gasteiger charge is 2.21. The van der Waals surface area contributed by atoms with Crippen LogP contribution in [0, 0.1) is 0 Å². The van der Waals surface area contributed by atoms with E-state index in [0.29, 0.717) is 6.04 Å². The van der Waals surface area contributed by atoms with Gasteiger partial charge in [-0.25, -0.2) is 0 Å². The van der Waals surface area contributed by atoms with E-state index in [1.165, 1.54) is 148 Å². The van der Waals surface area contributed by atoms with Crippen LogP contribution in [-0.2, 0) is 4.74 Å². The summed E-state index contributed by atoms with van der Waals surface area (Å²) >= 11 is 0. The molecule has 1 heterocycles. The van der Waals surface area contributed by atoms with Gasteiger partial charge in [0.2, 0.25) is 0 Å². The topological polar surface area (TPSA) is 12.5 Å². The summed E-state index contributed by atoms with van der Waals surface area (Å²) in [7, 11) is 0. The lowest BCUT2D eigenvalue weighted by Gasteiger charge is -2.35. The Hall–Kier alpha value is -0.0800. The summed E-state index contributed by atoms with van der Waals surface area (Å²) in [4.78, 5) is 2.75. The second-order valence-corrected chi connectivity index (χ2v) is 9.92. The molecule has 0 N–H and O–H groups in total. The third kappa shape index (κ3) is 16.6. The predicted octanol–water partition coefficient (Wildman–Crippen LogP) is 8.92. The summed E-state index contributed by atoms with van der Waals surface area (Å²) in [5.74, 6) is 0. The minimum absolute atomic E-state index is 0.700. The van der Waals surface area contributed by atoms with Crippen LogP contribution in [0.5, 0.6) is 0 Å². The lowest BCUT2D eigenvalue weighted by molar-refractivity contribution is -0.0118. The summed E-state index contributed by atoms with van der Waals surface area (Å²) in [6.45, 7) is 9.01.